The lowest BCUT2D eigenvalue weighted by Crippen LogP contribution is -2.51. The second-order valence-corrected chi connectivity index (χ2v) is 4.55. The Morgan fingerprint density at radius 1 is 1.35 bits per heavy atom. The summed E-state index contributed by atoms with van der Waals surface area (Å²) in [5.41, 5.74) is -0.417. The lowest BCUT2D eigenvalue weighted by atomic mass is 10.1. The van der Waals surface area contributed by atoms with Crippen molar-refractivity contribution in [1.82, 2.24) is 10.2 Å². The van der Waals surface area contributed by atoms with E-state index in [2.05, 4.69) is 17.2 Å². The molecule has 0 heterocycles. The first-order valence-electron chi connectivity index (χ1n) is 5.46. The van der Waals surface area contributed by atoms with Crippen LogP contribution >= 0.6 is 0 Å². The summed E-state index contributed by atoms with van der Waals surface area (Å²) >= 11 is 0. The molecule has 0 aromatic rings. The highest BCUT2D eigenvalue weighted by atomic mass is 16.4. The highest BCUT2D eigenvalue weighted by molar-refractivity contribution is 5.76. The average Bonchev–Trinajstić information content (AvgIpc) is 2.15. The monoisotopic (exact) mass is 240 g/mol. The molecule has 5 nitrogen and oxygen atoms in total. The van der Waals surface area contributed by atoms with Crippen molar-refractivity contribution in [1.29, 1.82) is 0 Å². The van der Waals surface area contributed by atoms with Crippen LogP contribution in [0, 0.1) is 11.8 Å². The lowest BCUT2D eigenvalue weighted by Gasteiger charge is -2.35. The Hall–Kier alpha value is -1.70. The third kappa shape index (κ3) is 6.46. The fourth-order valence-corrected chi connectivity index (χ4v) is 1.25. The van der Waals surface area contributed by atoms with Crippen LogP contribution in [0.1, 0.15) is 34.1 Å². The molecule has 0 unspecified atom stereocenters. The maximum atomic E-state index is 11.8. The van der Waals surface area contributed by atoms with Crippen molar-refractivity contribution in [3.05, 3.63) is 0 Å². The summed E-state index contributed by atoms with van der Waals surface area (Å²) in [4.78, 5) is 23.9. The van der Waals surface area contributed by atoms with E-state index in [9.17, 15) is 9.59 Å². The Morgan fingerprint density at radius 3 is 2.35 bits per heavy atom. The van der Waals surface area contributed by atoms with E-state index in [1.165, 1.54) is 4.90 Å². The maximum absolute atomic E-state index is 11.8. The molecule has 0 aliphatic heterocycles. The molecule has 0 aromatic carbocycles. The third-order valence-corrected chi connectivity index (χ3v) is 2.11. The van der Waals surface area contributed by atoms with Gasteiger partial charge in [-0.1, -0.05) is 5.92 Å². The van der Waals surface area contributed by atoms with E-state index in [1.54, 1.807) is 6.92 Å². The first-order valence-corrected chi connectivity index (χ1v) is 5.46. The van der Waals surface area contributed by atoms with Gasteiger partial charge in [-0.2, -0.15) is 0 Å². The van der Waals surface area contributed by atoms with Crippen LogP contribution in [0.5, 0.6) is 0 Å². The standard InChI is InChI=1S/C12H20N2O3/c1-5-6-8-13-11(17)14(12(2,3)4)9-7-10(15)16/h7-9H2,1-4H3,(H,13,17)(H,15,16). The van der Waals surface area contributed by atoms with Crippen molar-refractivity contribution >= 4 is 12.0 Å². The topological polar surface area (TPSA) is 69.6 Å². The largest absolute Gasteiger partial charge is 0.481 e. The van der Waals surface area contributed by atoms with Gasteiger partial charge in [0.25, 0.3) is 0 Å². The number of rotatable bonds is 4. The molecule has 0 rings (SSSR count). The number of urea groups is 1. The molecule has 0 fully saturated rings. The minimum atomic E-state index is -0.916. The number of carbonyl (C=O) groups is 2. The zero-order valence-corrected chi connectivity index (χ0v) is 10.8. The molecular formula is C12H20N2O3. The molecule has 0 radical (unpaired) electrons. The molecule has 2 N–H and O–H groups in total. The Kier molecular flexibility index (Phi) is 6.11. The quantitative estimate of drug-likeness (QED) is 0.728. The maximum Gasteiger partial charge on any atom is 0.318 e. The molecule has 0 aliphatic rings. The number of nitrogens with one attached hydrogen (secondary N) is 1. The molecule has 0 spiro atoms. The Balaban J connectivity index is 4.50. The van der Waals surface area contributed by atoms with Crippen molar-refractivity contribution < 1.29 is 14.7 Å². The highest BCUT2D eigenvalue weighted by Gasteiger charge is 2.26. The Morgan fingerprint density at radius 2 is 1.94 bits per heavy atom. The molecule has 17 heavy (non-hydrogen) atoms. The predicted molar refractivity (Wildman–Crippen MR) is 65.6 cm³/mol. The van der Waals surface area contributed by atoms with Crippen LogP contribution in [0.15, 0.2) is 0 Å². The number of hydrogen-bond donors (Lipinski definition) is 2. The molecular weight excluding hydrogens is 220 g/mol. The highest BCUT2D eigenvalue weighted by Crippen LogP contribution is 2.13. The molecule has 0 aliphatic carbocycles. The van der Waals surface area contributed by atoms with Crippen LogP contribution < -0.4 is 5.32 Å². The van der Waals surface area contributed by atoms with Crippen molar-refractivity contribution in [3.63, 3.8) is 0 Å². The predicted octanol–water partition coefficient (Wildman–Crippen LogP) is 1.29. The molecule has 96 valence electrons. The normalized spacial score (nSPS) is 10.1. The van der Waals surface area contributed by atoms with Gasteiger partial charge in [0.15, 0.2) is 0 Å². The molecule has 0 bridgehead atoms. The minimum absolute atomic E-state index is 0.0653. The van der Waals surface area contributed by atoms with Crippen molar-refractivity contribution in [2.75, 3.05) is 13.1 Å². The Labute approximate surface area is 102 Å². The van der Waals surface area contributed by atoms with E-state index >= 15 is 0 Å². The van der Waals surface area contributed by atoms with Gasteiger partial charge in [0, 0.05) is 12.1 Å². The SMILES string of the molecule is CC#CCNC(=O)N(CCC(=O)O)C(C)(C)C. The number of amides is 2. The number of aliphatic carboxylic acids is 1. The van der Waals surface area contributed by atoms with Gasteiger partial charge in [-0.3, -0.25) is 4.79 Å². The van der Waals surface area contributed by atoms with Gasteiger partial charge in [0.1, 0.15) is 0 Å². The van der Waals surface area contributed by atoms with E-state index in [1.807, 2.05) is 20.8 Å². The van der Waals surface area contributed by atoms with E-state index in [-0.39, 0.29) is 25.5 Å². The number of carboxylic acid groups (broad SMARTS) is 1. The van der Waals surface area contributed by atoms with Crippen LogP contribution in [0.2, 0.25) is 0 Å². The summed E-state index contributed by atoms with van der Waals surface area (Å²) in [7, 11) is 0. The lowest BCUT2D eigenvalue weighted by molar-refractivity contribution is -0.137. The zero-order valence-electron chi connectivity index (χ0n) is 10.8. The first-order chi connectivity index (χ1) is 7.79. The Bertz CT molecular complexity index is 334. The van der Waals surface area contributed by atoms with E-state index in [4.69, 9.17) is 5.11 Å². The zero-order chi connectivity index (χ0) is 13.5. The summed E-state index contributed by atoms with van der Waals surface area (Å²) in [6.07, 6.45) is -0.0653. The summed E-state index contributed by atoms with van der Waals surface area (Å²) < 4.78 is 0. The molecule has 0 saturated carbocycles. The van der Waals surface area contributed by atoms with Crippen LogP contribution in [-0.4, -0.2) is 40.6 Å². The molecule has 0 aromatic heterocycles. The molecule has 2 amide bonds. The van der Waals surface area contributed by atoms with Crippen molar-refractivity contribution in [3.8, 4) is 11.8 Å². The van der Waals surface area contributed by atoms with Gasteiger partial charge < -0.3 is 15.3 Å². The first kappa shape index (κ1) is 15.3. The number of nitrogens with zero attached hydrogens (tertiary/aromatic N) is 1. The number of hydrogen-bond acceptors (Lipinski definition) is 2. The van der Waals surface area contributed by atoms with Crippen LogP contribution in [0.25, 0.3) is 0 Å². The van der Waals surface area contributed by atoms with Crippen LogP contribution in [0.4, 0.5) is 4.79 Å². The van der Waals surface area contributed by atoms with E-state index in [0.29, 0.717) is 0 Å². The fourth-order valence-electron chi connectivity index (χ4n) is 1.25. The average molecular weight is 240 g/mol. The van der Waals surface area contributed by atoms with Gasteiger partial charge in [-0.25, -0.2) is 4.79 Å². The molecule has 0 saturated heterocycles. The fraction of sp³-hybridized carbons (Fsp3) is 0.667. The van der Waals surface area contributed by atoms with Crippen molar-refractivity contribution in [2.24, 2.45) is 0 Å². The summed E-state index contributed by atoms with van der Waals surface area (Å²) in [5.74, 6) is 4.48. The number of carbonyl (C=O) groups excluding carboxylic acids is 1. The van der Waals surface area contributed by atoms with Gasteiger partial charge in [0.05, 0.1) is 13.0 Å². The second kappa shape index (κ2) is 6.79. The van der Waals surface area contributed by atoms with Crippen LogP contribution in [0.3, 0.4) is 0 Å². The van der Waals surface area contributed by atoms with Gasteiger partial charge in [0.2, 0.25) is 0 Å². The van der Waals surface area contributed by atoms with Gasteiger partial charge in [-0.05, 0) is 27.7 Å². The van der Waals surface area contributed by atoms with Gasteiger partial charge in [-0.15, -0.1) is 5.92 Å². The molecule has 5 heteroatoms. The second-order valence-electron chi connectivity index (χ2n) is 4.55. The minimum Gasteiger partial charge on any atom is -0.481 e. The number of carboxylic acids is 1. The smallest absolute Gasteiger partial charge is 0.318 e. The third-order valence-electron chi connectivity index (χ3n) is 2.11. The van der Waals surface area contributed by atoms with Crippen molar-refractivity contribution in [2.45, 2.75) is 39.7 Å². The summed E-state index contributed by atoms with van der Waals surface area (Å²) in [6, 6.07) is -0.290. The molecule has 0 atom stereocenters. The summed E-state index contributed by atoms with van der Waals surface area (Å²) in [6.45, 7) is 7.73. The van der Waals surface area contributed by atoms with E-state index < -0.39 is 11.5 Å². The van der Waals surface area contributed by atoms with Crippen LogP contribution in [-0.2, 0) is 4.79 Å². The summed E-state index contributed by atoms with van der Waals surface area (Å²) in [5, 5.41) is 11.3. The van der Waals surface area contributed by atoms with E-state index in [0.717, 1.165) is 0 Å². The van der Waals surface area contributed by atoms with Gasteiger partial charge >= 0.3 is 12.0 Å².